The van der Waals surface area contributed by atoms with Crippen LogP contribution in [0.25, 0.3) is 0 Å². The van der Waals surface area contributed by atoms with E-state index in [0.717, 1.165) is 12.5 Å². The van der Waals surface area contributed by atoms with Crippen molar-refractivity contribution in [2.45, 2.75) is 19.4 Å². The Morgan fingerprint density at radius 1 is 1.00 bits per heavy atom. The quantitative estimate of drug-likeness (QED) is 0.691. The second-order valence-corrected chi connectivity index (χ2v) is 5.49. The van der Waals surface area contributed by atoms with Gasteiger partial charge in [-0.05, 0) is 17.5 Å². The molecule has 2 nitrogen and oxygen atoms in total. The van der Waals surface area contributed by atoms with Gasteiger partial charge in [-0.3, -0.25) is 0 Å². The fraction of sp³-hybridized carbons (Fsp3) is 0.455. The third-order valence-electron chi connectivity index (χ3n) is 2.36. The summed E-state index contributed by atoms with van der Waals surface area (Å²) in [7, 11) is 2.00. The largest absolute Gasteiger partial charge is 0.400 e. The molecule has 0 aliphatic carbocycles. The standard InChI is InChI=1S/C11H18O2Si/c1-4-10-5-7-11(8-6-10)9-14(12-2)13-3/h5-8,14H,4,9H2,1-3H3. The van der Waals surface area contributed by atoms with Crippen LogP contribution in [0.4, 0.5) is 0 Å². The summed E-state index contributed by atoms with van der Waals surface area (Å²) >= 11 is 0. The molecule has 0 fully saturated rings. The molecule has 0 aliphatic rings. The van der Waals surface area contributed by atoms with Crippen molar-refractivity contribution in [2.75, 3.05) is 14.2 Å². The van der Waals surface area contributed by atoms with Crippen molar-refractivity contribution in [3.8, 4) is 0 Å². The molecule has 14 heavy (non-hydrogen) atoms. The minimum absolute atomic E-state index is 0.941. The van der Waals surface area contributed by atoms with Gasteiger partial charge >= 0.3 is 9.28 Å². The Hall–Kier alpha value is -0.643. The number of hydrogen-bond donors (Lipinski definition) is 0. The molecule has 0 spiro atoms. The van der Waals surface area contributed by atoms with Gasteiger partial charge in [-0.15, -0.1) is 0 Å². The summed E-state index contributed by atoms with van der Waals surface area (Å²) < 4.78 is 10.6. The lowest BCUT2D eigenvalue weighted by molar-refractivity contribution is 0.277. The normalized spacial score (nSPS) is 10.9. The Bertz CT molecular complexity index is 254. The summed E-state index contributed by atoms with van der Waals surface area (Å²) in [6, 6.07) is 9.61. The third kappa shape index (κ3) is 3.25. The van der Waals surface area contributed by atoms with Crippen LogP contribution in [0.2, 0.25) is 0 Å². The zero-order chi connectivity index (χ0) is 10.4. The maximum absolute atomic E-state index is 5.28. The Labute approximate surface area is 87.7 Å². The van der Waals surface area contributed by atoms with Gasteiger partial charge in [0.2, 0.25) is 0 Å². The van der Waals surface area contributed by atoms with Gasteiger partial charge in [0.25, 0.3) is 0 Å². The Morgan fingerprint density at radius 2 is 1.50 bits per heavy atom. The summed E-state index contributed by atoms with van der Waals surface area (Å²) in [5, 5.41) is 0. The minimum atomic E-state index is -1.44. The van der Waals surface area contributed by atoms with E-state index >= 15 is 0 Å². The van der Waals surface area contributed by atoms with Gasteiger partial charge in [-0.25, -0.2) is 0 Å². The summed E-state index contributed by atoms with van der Waals surface area (Å²) in [4.78, 5) is 0. The highest BCUT2D eigenvalue weighted by molar-refractivity contribution is 6.43. The molecule has 3 heteroatoms. The minimum Gasteiger partial charge on any atom is -0.400 e. The Kier molecular flexibility index (Phi) is 4.86. The van der Waals surface area contributed by atoms with Gasteiger partial charge in [0, 0.05) is 20.3 Å². The topological polar surface area (TPSA) is 18.5 Å². The fourth-order valence-electron chi connectivity index (χ4n) is 1.37. The van der Waals surface area contributed by atoms with Crippen LogP contribution in [0.1, 0.15) is 18.1 Å². The Morgan fingerprint density at radius 3 is 1.93 bits per heavy atom. The predicted molar refractivity (Wildman–Crippen MR) is 60.7 cm³/mol. The molecular formula is C11H18O2Si. The molecule has 78 valence electrons. The van der Waals surface area contributed by atoms with Crippen molar-refractivity contribution in [2.24, 2.45) is 0 Å². The van der Waals surface area contributed by atoms with E-state index in [1.165, 1.54) is 11.1 Å². The van der Waals surface area contributed by atoms with Crippen molar-refractivity contribution in [3.63, 3.8) is 0 Å². The van der Waals surface area contributed by atoms with Gasteiger partial charge in [-0.2, -0.15) is 0 Å². The van der Waals surface area contributed by atoms with E-state index < -0.39 is 9.28 Å². The molecule has 0 saturated heterocycles. The summed E-state index contributed by atoms with van der Waals surface area (Å²) in [6.45, 7) is 2.16. The number of aryl methyl sites for hydroxylation is 1. The summed E-state index contributed by atoms with van der Waals surface area (Å²) in [6.07, 6.45) is 1.09. The molecule has 0 aliphatic heterocycles. The third-order valence-corrected chi connectivity index (χ3v) is 4.22. The van der Waals surface area contributed by atoms with Crippen LogP contribution in [-0.4, -0.2) is 23.5 Å². The van der Waals surface area contributed by atoms with E-state index in [1.807, 2.05) is 0 Å². The van der Waals surface area contributed by atoms with Gasteiger partial charge in [0.1, 0.15) is 0 Å². The maximum atomic E-state index is 5.28. The van der Waals surface area contributed by atoms with Crippen LogP contribution in [0.3, 0.4) is 0 Å². The predicted octanol–water partition coefficient (Wildman–Crippen LogP) is 1.84. The van der Waals surface area contributed by atoms with Crippen LogP contribution >= 0.6 is 0 Å². The number of benzene rings is 1. The highest BCUT2D eigenvalue weighted by Crippen LogP contribution is 2.07. The summed E-state index contributed by atoms with van der Waals surface area (Å²) in [5.74, 6) is 0. The fourth-order valence-corrected chi connectivity index (χ4v) is 2.55. The first-order chi connectivity index (χ1) is 6.80. The molecule has 0 aromatic heterocycles. The lowest BCUT2D eigenvalue weighted by atomic mass is 10.1. The van der Waals surface area contributed by atoms with Crippen LogP contribution in [0.5, 0.6) is 0 Å². The van der Waals surface area contributed by atoms with E-state index in [-0.39, 0.29) is 0 Å². The van der Waals surface area contributed by atoms with Gasteiger partial charge in [0.15, 0.2) is 0 Å². The molecule has 0 N–H and O–H groups in total. The SMILES string of the molecule is CCc1ccc(C[SiH](OC)OC)cc1. The molecule has 0 bridgehead atoms. The zero-order valence-corrected chi connectivity index (χ0v) is 10.3. The van der Waals surface area contributed by atoms with Crippen molar-refractivity contribution in [1.82, 2.24) is 0 Å². The van der Waals surface area contributed by atoms with Gasteiger partial charge in [0.05, 0.1) is 0 Å². The second-order valence-electron chi connectivity index (χ2n) is 3.28. The molecule has 0 radical (unpaired) electrons. The second kappa shape index (κ2) is 5.96. The average molecular weight is 210 g/mol. The van der Waals surface area contributed by atoms with E-state index in [0.29, 0.717) is 0 Å². The molecule has 0 atom stereocenters. The van der Waals surface area contributed by atoms with Crippen molar-refractivity contribution >= 4 is 9.28 Å². The molecule has 0 saturated carbocycles. The molecule has 0 unspecified atom stereocenters. The van der Waals surface area contributed by atoms with Crippen LogP contribution in [-0.2, 0) is 21.3 Å². The van der Waals surface area contributed by atoms with E-state index in [1.54, 1.807) is 14.2 Å². The average Bonchev–Trinajstić information content (AvgIpc) is 2.26. The van der Waals surface area contributed by atoms with E-state index in [9.17, 15) is 0 Å². The lowest BCUT2D eigenvalue weighted by Gasteiger charge is -2.10. The molecule has 0 amide bonds. The maximum Gasteiger partial charge on any atom is 0.325 e. The molecular weight excluding hydrogens is 192 g/mol. The zero-order valence-electron chi connectivity index (χ0n) is 9.12. The van der Waals surface area contributed by atoms with Crippen LogP contribution in [0.15, 0.2) is 24.3 Å². The van der Waals surface area contributed by atoms with Crippen LogP contribution < -0.4 is 0 Å². The van der Waals surface area contributed by atoms with Gasteiger partial charge < -0.3 is 8.85 Å². The molecule has 1 aromatic carbocycles. The highest BCUT2D eigenvalue weighted by atomic mass is 28.3. The molecule has 0 heterocycles. The van der Waals surface area contributed by atoms with Crippen molar-refractivity contribution < 1.29 is 8.85 Å². The first-order valence-electron chi connectivity index (χ1n) is 4.93. The monoisotopic (exact) mass is 210 g/mol. The lowest BCUT2D eigenvalue weighted by Crippen LogP contribution is -2.22. The first kappa shape index (κ1) is 11.4. The number of rotatable bonds is 5. The van der Waals surface area contributed by atoms with E-state index in [2.05, 4.69) is 31.2 Å². The van der Waals surface area contributed by atoms with E-state index in [4.69, 9.17) is 8.85 Å². The smallest absolute Gasteiger partial charge is 0.325 e. The molecule has 1 rings (SSSR count). The Balaban J connectivity index is 2.58. The highest BCUT2D eigenvalue weighted by Gasteiger charge is 2.09. The van der Waals surface area contributed by atoms with Crippen molar-refractivity contribution in [3.05, 3.63) is 35.4 Å². The van der Waals surface area contributed by atoms with Gasteiger partial charge in [-0.1, -0.05) is 31.2 Å². The summed E-state index contributed by atoms with van der Waals surface area (Å²) in [5.41, 5.74) is 2.68. The first-order valence-corrected chi connectivity index (χ1v) is 6.69. The number of hydrogen-bond acceptors (Lipinski definition) is 2. The van der Waals surface area contributed by atoms with Crippen LogP contribution in [0, 0.1) is 0 Å². The molecule has 1 aromatic rings. The van der Waals surface area contributed by atoms with Crippen molar-refractivity contribution in [1.29, 1.82) is 0 Å².